The van der Waals surface area contributed by atoms with Crippen molar-refractivity contribution in [2.24, 2.45) is 0 Å². The molecule has 3 nitrogen and oxygen atoms in total. The normalized spacial score (nSPS) is 12.0. The van der Waals surface area contributed by atoms with Crippen molar-refractivity contribution in [1.29, 1.82) is 0 Å². The van der Waals surface area contributed by atoms with Gasteiger partial charge < -0.3 is 9.88 Å². The van der Waals surface area contributed by atoms with Crippen LogP contribution in [0.1, 0.15) is 26.0 Å². The van der Waals surface area contributed by atoms with E-state index in [1.165, 1.54) is 17.9 Å². The largest absolute Gasteiger partial charge is 0.333 e. The number of nitrogens with zero attached hydrogens (tertiary/aromatic N) is 2. The Bertz CT molecular complexity index is 294. The van der Waals surface area contributed by atoms with Gasteiger partial charge in [0.1, 0.15) is 0 Å². The zero-order chi connectivity index (χ0) is 11.3. The molecule has 0 atom stereocenters. The lowest BCUT2D eigenvalue weighted by Crippen LogP contribution is -2.35. The molecule has 0 saturated heterocycles. The standard InChI is InChI=1S/C11H21N3S/c1-11(2,12-3)10-8-13-9-14(10)6-5-7-15-4/h8-9,12H,5-7H2,1-4H3. The Morgan fingerprint density at radius 3 is 2.87 bits per heavy atom. The van der Waals surface area contributed by atoms with Gasteiger partial charge in [-0.05, 0) is 39.3 Å². The van der Waals surface area contributed by atoms with Crippen molar-refractivity contribution in [3.63, 3.8) is 0 Å². The van der Waals surface area contributed by atoms with Gasteiger partial charge in [-0.15, -0.1) is 0 Å². The molecule has 1 heterocycles. The van der Waals surface area contributed by atoms with Gasteiger partial charge >= 0.3 is 0 Å². The molecule has 0 radical (unpaired) electrons. The average molecular weight is 227 g/mol. The van der Waals surface area contributed by atoms with Crippen LogP contribution in [0.2, 0.25) is 0 Å². The third-order valence-electron chi connectivity index (χ3n) is 2.73. The lowest BCUT2D eigenvalue weighted by Gasteiger charge is -2.25. The van der Waals surface area contributed by atoms with Crippen molar-refractivity contribution in [1.82, 2.24) is 14.9 Å². The SMILES string of the molecule is CNC(C)(C)c1cncn1CCCSC. The van der Waals surface area contributed by atoms with Crippen LogP contribution in [0.4, 0.5) is 0 Å². The third-order valence-corrected chi connectivity index (χ3v) is 3.42. The molecule has 1 rings (SSSR count). The molecule has 0 aliphatic carbocycles. The molecule has 0 amide bonds. The van der Waals surface area contributed by atoms with E-state index in [1.54, 1.807) is 0 Å². The molecule has 0 saturated carbocycles. The molecule has 0 spiro atoms. The van der Waals surface area contributed by atoms with E-state index in [2.05, 4.69) is 35.0 Å². The zero-order valence-electron chi connectivity index (χ0n) is 10.1. The van der Waals surface area contributed by atoms with Crippen LogP contribution in [0.3, 0.4) is 0 Å². The summed E-state index contributed by atoms with van der Waals surface area (Å²) in [4.78, 5) is 4.23. The van der Waals surface area contributed by atoms with Crippen LogP contribution in [0.5, 0.6) is 0 Å². The van der Waals surface area contributed by atoms with E-state index < -0.39 is 0 Å². The summed E-state index contributed by atoms with van der Waals surface area (Å²) in [7, 11) is 1.99. The highest BCUT2D eigenvalue weighted by molar-refractivity contribution is 7.98. The lowest BCUT2D eigenvalue weighted by molar-refractivity contribution is 0.408. The van der Waals surface area contributed by atoms with Crippen LogP contribution in [0.15, 0.2) is 12.5 Å². The van der Waals surface area contributed by atoms with Crippen molar-refractivity contribution in [3.05, 3.63) is 18.2 Å². The number of nitrogens with one attached hydrogen (secondary N) is 1. The molecule has 1 aromatic heterocycles. The van der Waals surface area contributed by atoms with E-state index in [0.717, 1.165) is 6.54 Å². The van der Waals surface area contributed by atoms with Gasteiger partial charge in [-0.1, -0.05) is 0 Å². The van der Waals surface area contributed by atoms with Crippen LogP contribution in [-0.4, -0.2) is 28.6 Å². The summed E-state index contributed by atoms with van der Waals surface area (Å²) >= 11 is 1.89. The van der Waals surface area contributed by atoms with Crippen LogP contribution < -0.4 is 5.32 Å². The highest BCUT2D eigenvalue weighted by atomic mass is 32.2. The lowest BCUT2D eigenvalue weighted by atomic mass is 10.0. The van der Waals surface area contributed by atoms with Crippen LogP contribution in [0.25, 0.3) is 0 Å². The molecule has 15 heavy (non-hydrogen) atoms. The number of rotatable bonds is 6. The highest BCUT2D eigenvalue weighted by Crippen LogP contribution is 2.19. The number of aryl methyl sites for hydroxylation is 1. The summed E-state index contributed by atoms with van der Waals surface area (Å²) in [6, 6.07) is 0. The molecule has 0 unspecified atom stereocenters. The molecular weight excluding hydrogens is 206 g/mol. The molecule has 86 valence electrons. The number of thioether (sulfide) groups is 1. The van der Waals surface area contributed by atoms with E-state index in [9.17, 15) is 0 Å². The van der Waals surface area contributed by atoms with Crippen LogP contribution in [0, 0.1) is 0 Å². The average Bonchev–Trinajstić information content (AvgIpc) is 2.67. The third kappa shape index (κ3) is 3.24. The van der Waals surface area contributed by atoms with Crippen LogP contribution in [-0.2, 0) is 12.1 Å². The van der Waals surface area contributed by atoms with Gasteiger partial charge in [0.15, 0.2) is 0 Å². The predicted molar refractivity (Wildman–Crippen MR) is 67.3 cm³/mol. The Hall–Kier alpha value is -0.480. The van der Waals surface area contributed by atoms with Crippen molar-refractivity contribution >= 4 is 11.8 Å². The fourth-order valence-corrected chi connectivity index (χ4v) is 1.94. The van der Waals surface area contributed by atoms with Gasteiger partial charge in [-0.25, -0.2) is 4.98 Å². The highest BCUT2D eigenvalue weighted by Gasteiger charge is 2.21. The molecule has 0 aliphatic rings. The monoisotopic (exact) mass is 227 g/mol. The summed E-state index contributed by atoms with van der Waals surface area (Å²) < 4.78 is 2.24. The maximum absolute atomic E-state index is 4.23. The Morgan fingerprint density at radius 2 is 2.27 bits per heavy atom. The van der Waals surface area contributed by atoms with Gasteiger partial charge in [0.2, 0.25) is 0 Å². The van der Waals surface area contributed by atoms with Gasteiger partial charge in [0.05, 0.1) is 17.6 Å². The number of imidazole rings is 1. The molecule has 1 aromatic rings. The first-order valence-corrected chi connectivity index (χ1v) is 6.69. The van der Waals surface area contributed by atoms with Crippen LogP contribution >= 0.6 is 11.8 Å². The summed E-state index contributed by atoms with van der Waals surface area (Å²) in [6.07, 6.45) is 7.22. The predicted octanol–water partition coefficient (Wildman–Crippen LogP) is 2.09. The summed E-state index contributed by atoms with van der Waals surface area (Å²) in [6.45, 7) is 5.41. The molecule has 0 aliphatic heterocycles. The molecule has 0 fully saturated rings. The quantitative estimate of drug-likeness (QED) is 0.755. The molecular formula is C11H21N3S. The Labute approximate surface area is 96.7 Å². The Morgan fingerprint density at radius 1 is 1.53 bits per heavy atom. The van der Waals surface area contributed by atoms with Crippen molar-refractivity contribution in [2.45, 2.75) is 32.4 Å². The second kappa shape index (κ2) is 5.56. The smallest absolute Gasteiger partial charge is 0.0948 e. The van der Waals surface area contributed by atoms with Gasteiger partial charge in [-0.2, -0.15) is 11.8 Å². The molecule has 0 aromatic carbocycles. The topological polar surface area (TPSA) is 29.9 Å². The van der Waals surface area contributed by atoms with E-state index in [0.29, 0.717) is 0 Å². The van der Waals surface area contributed by atoms with E-state index in [-0.39, 0.29) is 5.54 Å². The molecule has 1 N–H and O–H groups in total. The first-order valence-electron chi connectivity index (χ1n) is 5.30. The van der Waals surface area contributed by atoms with Crippen molar-refractivity contribution < 1.29 is 0 Å². The summed E-state index contributed by atoms with van der Waals surface area (Å²) in [5.41, 5.74) is 1.25. The zero-order valence-corrected chi connectivity index (χ0v) is 10.9. The van der Waals surface area contributed by atoms with Gasteiger partial charge in [-0.3, -0.25) is 0 Å². The fourth-order valence-electron chi connectivity index (χ4n) is 1.53. The van der Waals surface area contributed by atoms with Crippen molar-refractivity contribution in [3.8, 4) is 0 Å². The Kier molecular flexibility index (Phi) is 4.67. The van der Waals surface area contributed by atoms with E-state index in [4.69, 9.17) is 0 Å². The summed E-state index contributed by atoms with van der Waals surface area (Å²) in [5.74, 6) is 1.21. The van der Waals surface area contributed by atoms with E-state index >= 15 is 0 Å². The number of hydrogen-bond acceptors (Lipinski definition) is 3. The maximum atomic E-state index is 4.23. The minimum absolute atomic E-state index is 0.00411. The maximum Gasteiger partial charge on any atom is 0.0948 e. The fraction of sp³-hybridized carbons (Fsp3) is 0.727. The van der Waals surface area contributed by atoms with Crippen molar-refractivity contribution in [2.75, 3.05) is 19.1 Å². The van der Waals surface area contributed by atoms with Gasteiger partial charge in [0, 0.05) is 12.7 Å². The minimum atomic E-state index is -0.00411. The Balaban J connectivity index is 2.69. The second-order valence-corrected chi connectivity index (χ2v) is 5.18. The second-order valence-electron chi connectivity index (χ2n) is 4.19. The van der Waals surface area contributed by atoms with E-state index in [1.807, 2.05) is 31.3 Å². The molecule has 0 bridgehead atoms. The minimum Gasteiger partial charge on any atom is -0.333 e. The first kappa shape index (κ1) is 12.6. The van der Waals surface area contributed by atoms with Gasteiger partial charge in [0.25, 0.3) is 0 Å². The first-order chi connectivity index (χ1) is 7.11. The summed E-state index contributed by atoms with van der Waals surface area (Å²) in [5, 5.41) is 3.31. The molecule has 4 heteroatoms. The number of aromatic nitrogens is 2. The number of hydrogen-bond donors (Lipinski definition) is 1.